The van der Waals surface area contributed by atoms with Crippen molar-refractivity contribution in [3.05, 3.63) is 54.1 Å². The lowest BCUT2D eigenvalue weighted by atomic mass is 10.1. The quantitative estimate of drug-likeness (QED) is 0.818. The molecule has 1 saturated heterocycles. The highest BCUT2D eigenvalue weighted by atomic mass is 19.3. The Kier molecular flexibility index (Phi) is 6.46. The van der Waals surface area contributed by atoms with Crippen molar-refractivity contribution in [3.63, 3.8) is 0 Å². The van der Waals surface area contributed by atoms with Gasteiger partial charge in [0, 0.05) is 31.9 Å². The monoisotopic (exact) mass is 408 g/mol. The number of benzene rings is 1. The summed E-state index contributed by atoms with van der Waals surface area (Å²) in [5.74, 6) is -0.350. The Hall–Kier alpha value is -2.97. The molecular weight excluding hydrogens is 385 g/mol. The van der Waals surface area contributed by atoms with Gasteiger partial charge in [0.25, 0.3) is 0 Å². The minimum atomic E-state index is -2.91. The van der Waals surface area contributed by atoms with E-state index in [9.17, 15) is 18.0 Å². The van der Waals surface area contributed by atoms with Gasteiger partial charge in [0.2, 0.25) is 0 Å². The Bertz CT molecular complexity index is 852. The van der Waals surface area contributed by atoms with E-state index in [1.54, 1.807) is 30.0 Å². The van der Waals surface area contributed by atoms with Gasteiger partial charge < -0.3 is 19.9 Å². The van der Waals surface area contributed by atoms with E-state index < -0.39 is 18.5 Å². The number of hydrogen-bond donors (Lipinski definition) is 1. The first kappa shape index (κ1) is 20.8. The molecule has 9 heteroatoms. The number of piperazine rings is 1. The molecule has 0 aliphatic carbocycles. The van der Waals surface area contributed by atoms with E-state index in [1.807, 2.05) is 11.8 Å². The molecule has 3 rings (SSSR count). The van der Waals surface area contributed by atoms with Gasteiger partial charge in [0.1, 0.15) is 5.75 Å². The average molecular weight is 408 g/mol. The third-order valence-electron chi connectivity index (χ3n) is 4.90. The van der Waals surface area contributed by atoms with Gasteiger partial charge in [-0.2, -0.15) is 8.78 Å². The maximum Gasteiger partial charge on any atom is 0.387 e. The van der Waals surface area contributed by atoms with E-state index >= 15 is 0 Å². The van der Waals surface area contributed by atoms with Crippen molar-refractivity contribution in [2.24, 2.45) is 0 Å². The van der Waals surface area contributed by atoms with E-state index in [1.165, 1.54) is 24.5 Å². The highest BCUT2D eigenvalue weighted by molar-refractivity contribution is 5.75. The predicted molar refractivity (Wildman–Crippen MR) is 103 cm³/mol. The minimum Gasteiger partial charge on any atom is -0.435 e. The summed E-state index contributed by atoms with van der Waals surface area (Å²) < 4.78 is 43.2. The summed E-state index contributed by atoms with van der Waals surface area (Å²) in [6, 6.07) is 7.06. The van der Waals surface area contributed by atoms with Gasteiger partial charge >= 0.3 is 12.6 Å². The molecular formula is C20H23F3N4O2. The van der Waals surface area contributed by atoms with Crippen LogP contribution in [0.2, 0.25) is 0 Å². The molecule has 6 nitrogen and oxygen atoms in total. The van der Waals surface area contributed by atoms with Crippen LogP contribution in [0.25, 0.3) is 0 Å². The number of nitrogens with one attached hydrogen (secondary N) is 1. The Morgan fingerprint density at radius 3 is 2.79 bits per heavy atom. The van der Waals surface area contributed by atoms with Crippen LogP contribution in [0.15, 0.2) is 42.7 Å². The van der Waals surface area contributed by atoms with Crippen LogP contribution in [-0.2, 0) is 0 Å². The fraction of sp³-hybridized carbons (Fsp3) is 0.400. The molecule has 1 fully saturated rings. The summed E-state index contributed by atoms with van der Waals surface area (Å²) in [5.41, 5.74) is 1.12. The zero-order chi connectivity index (χ0) is 21.0. The van der Waals surface area contributed by atoms with Gasteiger partial charge in [0.15, 0.2) is 5.82 Å². The number of carbonyl (C=O) groups excluding carboxylic acids is 1. The number of rotatable bonds is 5. The number of nitrogens with zero attached hydrogens (tertiary/aromatic N) is 3. The highest BCUT2D eigenvalue weighted by Crippen LogP contribution is 2.23. The maximum absolute atomic E-state index is 14.0. The van der Waals surface area contributed by atoms with Crippen molar-refractivity contribution in [1.82, 2.24) is 15.2 Å². The molecule has 1 aromatic carbocycles. The van der Waals surface area contributed by atoms with Crippen molar-refractivity contribution in [2.75, 3.05) is 24.5 Å². The van der Waals surface area contributed by atoms with E-state index in [-0.39, 0.29) is 17.8 Å². The van der Waals surface area contributed by atoms with Gasteiger partial charge in [-0.05, 0) is 37.6 Å². The topological polar surface area (TPSA) is 57.7 Å². The van der Waals surface area contributed by atoms with Crippen molar-refractivity contribution in [1.29, 1.82) is 0 Å². The molecule has 0 saturated carbocycles. The first-order valence-corrected chi connectivity index (χ1v) is 9.31. The number of alkyl halides is 2. The molecule has 1 aliphatic heterocycles. The summed E-state index contributed by atoms with van der Waals surface area (Å²) in [5, 5.41) is 2.88. The Morgan fingerprint density at radius 1 is 1.31 bits per heavy atom. The number of aromatic nitrogens is 1. The van der Waals surface area contributed by atoms with Gasteiger partial charge in [-0.15, -0.1) is 0 Å². The van der Waals surface area contributed by atoms with Crippen molar-refractivity contribution >= 4 is 11.7 Å². The van der Waals surface area contributed by atoms with Crippen LogP contribution < -0.4 is 15.0 Å². The summed E-state index contributed by atoms with van der Waals surface area (Å²) in [7, 11) is 0. The third-order valence-corrected chi connectivity index (χ3v) is 4.90. The van der Waals surface area contributed by atoms with E-state index in [0.29, 0.717) is 30.9 Å². The van der Waals surface area contributed by atoms with Crippen LogP contribution in [0.3, 0.4) is 0 Å². The smallest absolute Gasteiger partial charge is 0.387 e. The normalized spacial score (nSPS) is 17.9. The Labute approximate surface area is 167 Å². The molecule has 2 atom stereocenters. The van der Waals surface area contributed by atoms with Crippen molar-refractivity contribution < 1.29 is 22.7 Å². The van der Waals surface area contributed by atoms with Crippen LogP contribution >= 0.6 is 0 Å². The third kappa shape index (κ3) is 5.10. The SMILES string of the molecule is CC(NC(=O)N1CCN(c2ccncc2F)C[C@H]1C)c1cccc(OC(F)F)c1. The fourth-order valence-electron chi connectivity index (χ4n) is 3.41. The average Bonchev–Trinajstić information content (AvgIpc) is 2.67. The zero-order valence-electron chi connectivity index (χ0n) is 16.2. The van der Waals surface area contributed by atoms with E-state index in [0.717, 1.165) is 0 Å². The second-order valence-electron chi connectivity index (χ2n) is 6.94. The molecule has 0 radical (unpaired) electrons. The van der Waals surface area contributed by atoms with Crippen LogP contribution in [0.4, 0.5) is 23.7 Å². The van der Waals surface area contributed by atoms with Crippen LogP contribution in [-0.4, -0.2) is 48.2 Å². The van der Waals surface area contributed by atoms with Crippen LogP contribution in [0, 0.1) is 5.82 Å². The molecule has 1 unspecified atom stereocenters. The lowest BCUT2D eigenvalue weighted by Crippen LogP contribution is -2.57. The van der Waals surface area contributed by atoms with Gasteiger partial charge in [-0.1, -0.05) is 12.1 Å². The van der Waals surface area contributed by atoms with Gasteiger partial charge in [0.05, 0.1) is 17.9 Å². The number of carbonyl (C=O) groups is 1. The predicted octanol–water partition coefficient (Wildman–Crippen LogP) is 3.80. The number of ether oxygens (including phenoxy) is 1. The maximum atomic E-state index is 14.0. The van der Waals surface area contributed by atoms with Crippen LogP contribution in [0.5, 0.6) is 5.75 Å². The van der Waals surface area contributed by atoms with Crippen molar-refractivity contribution in [3.8, 4) is 5.75 Å². The Balaban J connectivity index is 1.60. The largest absolute Gasteiger partial charge is 0.435 e. The van der Waals surface area contributed by atoms with E-state index in [2.05, 4.69) is 15.0 Å². The van der Waals surface area contributed by atoms with E-state index in [4.69, 9.17) is 0 Å². The molecule has 2 heterocycles. The molecule has 2 amide bonds. The molecule has 156 valence electrons. The second kappa shape index (κ2) is 9.02. The summed E-state index contributed by atoms with van der Waals surface area (Å²) in [6.45, 7) is 2.16. The number of halogens is 3. The molecule has 29 heavy (non-hydrogen) atoms. The molecule has 1 aromatic heterocycles. The lowest BCUT2D eigenvalue weighted by molar-refractivity contribution is -0.0499. The molecule has 2 aromatic rings. The number of anilines is 1. The zero-order valence-corrected chi connectivity index (χ0v) is 16.2. The number of urea groups is 1. The number of pyridine rings is 1. The molecule has 0 spiro atoms. The first-order valence-electron chi connectivity index (χ1n) is 9.31. The second-order valence-corrected chi connectivity index (χ2v) is 6.94. The summed E-state index contributed by atoms with van der Waals surface area (Å²) in [6.07, 6.45) is 2.71. The number of hydrogen-bond acceptors (Lipinski definition) is 4. The lowest BCUT2D eigenvalue weighted by Gasteiger charge is -2.41. The molecule has 1 N–H and O–H groups in total. The minimum absolute atomic E-state index is 0.0416. The molecule has 1 aliphatic rings. The summed E-state index contributed by atoms with van der Waals surface area (Å²) in [4.78, 5) is 20.1. The highest BCUT2D eigenvalue weighted by Gasteiger charge is 2.29. The summed E-state index contributed by atoms with van der Waals surface area (Å²) >= 11 is 0. The van der Waals surface area contributed by atoms with Gasteiger partial charge in [-0.3, -0.25) is 4.98 Å². The molecule has 0 bridgehead atoms. The first-order chi connectivity index (χ1) is 13.8. The van der Waals surface area contributed by atoms with Crippen LogP contribution in [0.1, 0.15) is 25.5 Å². The standard InChI is InChI=1S/C20H23F3N4O2/c1-13-12-26(18-6-7-24-11-17(18)21)8-9-27(13)20(28)25-14(2)15-4-3-5-16(10-15)29-19(22)23/h3-7,10-11,13-14,19H,8-9,12H2,1-2H3,(H,25,28)/t13-,14?/m1/s1. The fourth-order valence-corrected chi connectivity index (χ4v) is 3.41. The van der Waals surface area contributed by atoms with Crippen molar-refractivity contribution in [2.45, 2.75) is 32.5 Å². The Morgan fingerprint density at radius 2 is 2.10 bits per heavy atom. The van der Waals surface area contributed by atoms with Gasteiger partial charge in [-0.25, -0.2) is 9.18 Å². The number of amides is 2.